The van der Waals surface area contributed by atoms with E-state index in [9.17, 15) is 14.7 Å². The topological polar surface area (TPSA) is 84.2 Å². The molecule has 1 fully saturated rings. The minimum atomic E-state index is -0.808. The van der Waals surface area contributed by atoms with E-state index < -0.39 is 5.97 Å². The van der Waals surface area contributed by atoms with Gasteiger partial charge in [-0.25, -0.2) is 4.68 Å². The molecule has 1 heterocycles. The highest BCUT2D eigenvalue weighted by Crippen LogP contribution is 2.44. The number of carboxylic acids is 1. The second kappa shape index (κ2) is 9.77. The Morgan fingerprint density at radius 3 is 2.41 bits per heavy atom. The molecule has 6 heteroatoms. The van der Waals surface area contributed by atoms with E-state index in [0.29, 0.717) is 12.3 Å². The summed E-state index contributed by atoms with van der Waals surface area (Å²) in [6, 6.07) is 8.55. The normalized spacial score (nSPS) is 21.3. The molecule has 1 saturated carbocycles. The third kappa shape index (κ3) is 5.11. The lowest BCUT2D eigenvalue weighted by molar-refractivity contribution is -0.140. The quantitative estimate of drug-likeness (QED) is 0.502. The molecular formula is C28H37N3O3. The first-order valence-corrected chi connectivity index (χ1v) is 12.5. The Bertz CT molecular complexity index is 1080. The highest BCUT2D eigenvalue weighted by molar-refractivity contribution is 5.78. The van der Waals surface area contributed by atoms with Crippen LogP contribution in [0.2, 0.25) is 0 Å². The molecule has 1 amide bonds. The van der Waals surface area contributed by atoms with E-state index in [0.717, 1.165) is 49.2 Å². The van der Waals surface area contributed by atoms with E-state index in [4.69, 9.17) is 5.10 Å². The number of nitrogens with one attached hydrogen (secondary N) is 1. The molecule has 2 aliphatic rings. The van der Waals surface area contributed by atoms with Crippen LogP contribution in [0, 0.1) is 19.3 Å². The molecule has 182 valence electrons. The Hall–Kier alpha value is -2.89. The molecule has 1 aromatic carbocycles. The molecule has 6 nitrogen and oxygen atoms in total. The summed E-state index contributed by atoms with van der Waals surface area (Å²) >= 11 is 0. The van der Waals surface area contributed by atoms with Crippen molar-refractivity contribution in [1.29, 1.82) is 0 Å². The third-order valence-corrected chi connectivity index (χ3v) is 7.68. The predicted octanol–water partition coefficient (Wildman–Crippen LogP) is 5.57. The average molecular weight is 464 g/mol. The van der Waals surface area contributed by atoms with Gasteiger partial charge in [0, 0.05) is 29.6 Å². The summed E-state index contributed by atoms with van der Waals surface area (Å²) in [6.07, 6.45) is 9.11. The van der Waals surface area contributed by atoms with Crippen LogP contribution in [0.15, 0.2) is 36.4 Å². The van der Waals surface area contributed by atoms with Crippen molar-refractivity contribution in [2.45, 2.75) is 90.5 Å². The second-order valence-electron chi connectivity index (χ2n) is 10.6. The molecule has 2 aromatic rings. The van der Waals surface area contributed by atoms with Gasteiger partial charge in [0.2, 0.25) is 5.91 Å². The number of aryl methyl sites for hydroxylation is 1. The molecule has 2 aliphatic carbocycles. The van der Waals surface area contributed by atoms with Crippen molar-refractivity contribution < 1.29 is 14.7 Å². The fourth-order valence-electron chi connectivity index (χ4n) is 5.92. The summed E-state index contributed by atoms with van der Waals surface area (Å²) < 4.78 is 2.02. The summed E-state index contributed by atoms with van der Waals surface area (Å²) in [5, 5.41) is 17.3. The number of rotatable bonds is 8. The number of carbonyl (C=O) groups excluding carboxylic acids is 1. The van der Waals surface area contributed by atoms with Crippen LogP contribution in [0.5, 0.6) is 0 Å². The number of hydrogen-bond donors (Lipinski definition) is 2. The number of nitrogens with zero attached hydrogens (tertiary/aromatic N) is 2. The first-order valence-electron chi connectivity index (χ1n) is 12.5. The van der Waals surface area contributed by atoms with Gasteiger partial charge in [0.1, 0.15) is 0 Å². The van der Waals surface area contributed by atoms with Crippen LogP contribution < -0.4 is 5.32 Å². The third-order valence-electron chi connectivity index (χ3n) is 7.68. The van der Waals surface area contributed by atoms with Gasteiger partial charge in [-0.05, 0) is 62.1 Å². The molecule has 2 N–H and O–H groups in total. The maximum atomic E-state index is 12.8. The molecular weight excluding hydrogens is 426 g/mol. The summed E-state index contributed by atoms with van der Waals surface area (Å²) in [4.78, 5) is 24.2. The Balaban J connectivity index is 1.42. The Kier molecular flexibility index (Phi) is 6.96. The Morgan fingerprint density at radius 2 is 1.79 bits per heavy atom. The minimum absolute atomic E-state index is 0.0340. The van der Waals surface area contributed by atoms with Crippen LogP contribution in [0.3, 0.4) is 0 Å². The number of allylic oxidation sites excluding steroid dienone is 1. The van der Waals surface area contributed by atoms with Crippen LogP contribution >= 0.6 is 0 Å². The summed E-state index contributed by atoms with van der Waals surface area (Å²) in [7, 11) is 0. The zero-order chi connectivity index (χ0) is 24.5. The number of amides is 1. The number of benzene rings is 1. The number of aliphatic carboxylic acids is 1. The fraction of sp³-hybridized carbons (Fsp3) is 0.536. The van der Waals surface area contributed by atoms with E-state index in [1.807, 2.05) is 4.68 Å². The van der Waals surface area contributed by atoms with Crippen molar-refractivity contribution in [2.75, 3.05) is 0 Å². The van der Waals surface area contributed by atoms with Gasteiger partial charge in [0.25, 0.3) is 0 Å². The second-order valence-corrected chi connectivity index (χ2v) is 10.6. The Morgan fingerprint density at radius 1 is 1.12 bits per heavy atom. The zero-order valence-electron chi connectivity index (χ0n) is 20.8. The highest BCUT2D eigenvalue weighted by atomic mass is 16.4. The van der Waals surface area contributed by atoms with Crippen molar-refractivity contribution in [2.24, 2.45) is 5.41 Å². The summed E-state index contributed by atoms with van der Waals surface area (Å²) in [6.45, 7) is 8.55. The molecule has 0 saturated heterocycles. The van der Waals surface area contributed by atoms with E-state index >= 15 is 0 Å². The van der Waals surface area contributed by atoms with Crippen LogP contribution in [0.4, 0.5) is 0 Å². The van der Waals surface area contributed by atoms with Crippen molar-refractivity contribution in [1.82, 2.24) is 15.1 Å². The number of carboxylic acid groups (broad SMARTS) is 1. The van der Waals surface area contributed by atoms with Gasteiger partial charge in [-0.2, -0.15) is 5.10 Å². The summed E-state index contributed by atoms with van der Waals surface area (Å²) in [5.74, 6) is -0.146. The van der Waals surface area contributed by atoms with Crippen molar-refractivity contribution >= 4 is 11.9 Å². The van der Waals surface area contributed by atoms with Crippen molar-refractivity contribution in [3.05, 3.63) is 58.9 Å². The van der Waals surface area contributed by atoms with E-state index in [1.165, 1.54) is 11.1 Å². The van der Waals surface area contributed by atoms with Crippen LogP contribution in [-0.2, 0) is 9.59 Å². The fourth-order valence-corrected chi connectivity index (χ4v) is 5.92. The molecule has 34 heavy (non-hydrogen) atoms. The van der Waals surface area contributed by atoms with Gasteiger partial charge in [0.15, 0.2) is 0 Å². The molecule has 4 rings (SSSR count). The average Bonchev–Trinajstić information content (AvgIpc) is 3.47. The molecule has 0 bridgehead atoms. The summed E-state index contributed by atoms with van der Waals surface area (Å²) in [5.41, 5.74) is 5.35. The lowest BCUT2D eigenvalue weighted by atomic mass is 9.79. The maximum absolute atomic E-state index is 12.8. The molecule has 0 unspecified atom stereocenters. The molecule has 0 aliphatic heterocycles. The lowest BCUT2D eigenvalue weighted by Gasteiger charge is -2.27. The maximum Gasteiger partial charge on any atom is 0.303 e. The van der Waals surface area contributed by atoms with Crippen molar-refractivity contribution in [3.63, 3.8) is 0 Å². The SMILES string of the molecule is Cc1nn(-c2ccc(C(C)C)cc2)c(C)c1[C@H]1C=C[C@@H](NC(=O)CC2(CC(=O)O)CCCC2)C1. The highest BCUT2D eigenvalue weighted by Gasteiger charge is 2.38. The van der Waals surface area contributed by atoms with Crippen LogP contribution in [0.25, 0.3) is 5.69 Å². The number of aromatic nitrogens is 2. The molecule has 0 spiro atoms. The van der Waals surface area contributed by atoms with Gasteiger partial charge in [-0.1, -0.05) is 51.0 Å². The number of carbonyl (C=O) groups is 2. The molecule has 0 radical (unpaired) electrons. The number of hydrogen-bond acceptors (Lipinski definition) is 3. The van der Waals surface area contributed by atoms with E-state index in [1.54, 1.807) is 0 Å². The first kappa shape index (κ1) is 24.2. The van der Waals surface area contributed by atoms with E-state index in [2.05, 4.69) is 69.4 Å². The molecule has 1 aromatic heterocycles. The minimum Gasteiger partial charge on any atom is -0.481 e. The standard InChI is InChI=1S/C28H37N3O3/c1-18(2)21-8-11-24(12-9-21)31-20(4)27(19(3)30-31)22-7-10-23(15-22)29-25(32)16-28(17-26(33)34)13-5-6-14-28/h7-12,18,22-23H,5-6,13-17H2,1-4H3,(H,29,32)(H,33,34)/t22-,23+/m0/s1. The van der Waals surface area contributed by atoms with Crippen molar-refractivity contribution in [3.8, 4) is 5.69 Å². The monoisotopic (exact) mass is 463 g/mol. The van der Waals surface area contributed by atoms with Crippen LogP contribution in [0.1, 0.15) is 93.1 Å². The molecule has 2 atom stereocenters. The van der Waals surface area contributed by atoms with Gasteiger partial charge >= 0.3 is 5.97 Å². The first-order chi connectivity index (χ1) is 16.2. The van der Waals surface area contributed by atoms with Gasteiger partial charge in [0.05, 0.1) is 17.8 Å². The predicted molar refractivity (Wildman–Crippen MR) is 133 cm³/mol. The Labute approximate surface area is 202 Å². The van der Waals surface area contributed by atoms with Gasteiger partial charge < -0.3 is 10.4 Å². The lowest BCUT2D eigenvalue weighted by Crippen LogP contribution is -2.37. The smallest absolute Gasteiger partial charge is 0.303 e. The van der Waals surface area contributed by atoms with E-state index in [-0.39, 0.29) is 29.7 Å². The van der Waals surface area contributed by atoms with Crippen LogP contribution in [-0.4, -0.2) is 32.8 Å². The van der Waals surface area contributed by atoms with Gasteiger partial charge in [-0.15, -0.1) is 0 Å². The zero-order valence-corrected chi connectivity index (χ0v) is 20.8. The van der Waals surface area contributed by atoms with Gasteiger partial charge in [-0.3, -0.25) is 9.59 Å². The largest absolute Gasteiger partial charge is 0.481 e.